The summed E-state index contributed by atoms with van der Waals surface area (Å²) in [6, 6.07) is 14.5. The van der Waals surface area contributed by atoms with Crippen LogP contribution in [0.1, 0.15) is 28.4 Å². The lowest BCUT2D eigenvalue weighted by Crippen LogP contribution is -2.26. The number of hydrogen-bond acceptors (Lipinski definition) is 4. The second-order valence-electron chi connectivity index (χ2n) is 5.28. The van der Waals surface area contributed by atoms with Crippen LogP contribution in [0.4, 0.5) is 0 Å². The van der Waals surface area contributed by atoms with Crippen LogP contribution in [0.2, 0.25) is 0 Å². The van der Waals surface area contributed by atoms with Gasteiger partial charge in [0.05, 0.1) is 12.7 Å². The summed E-state index contributed by atoms with van der Waals surface area (Å²) in [6.07, 6.45) is 0. The fourth-order valence-electron chi connectivity index (χ4n) is 2.18. The van der Waals surface area contributed by atoms with Crippen LogP contribution in [0.15, 0.2) is 42.5 Å². The minimum Gasteiger partial charge on any atom is -0.495 e. The van der Waals surface area contributed by atoms with Gasteiger partial charge in [0, 0.05) is 19.2 Å². The summed E-state index contributed by atoms with van der Waals surface area (Å²) < 4.78 is 10.9. The summed E-state index contributed by atoms with van der Waals surface area (Å²) >= 11 is 0. The molecule has 5 nitrogen and oxygen atoms in total. The number of rotatable bonds is 6. The molecular weight excluding hydrogens is 304 g/mol. The van der Waals surface area contributed by atoms with Crippen LogP contribution in [-0.4, -0.2) is 31.5 Å². The van der Waals surface area contributed by atoms with Crippen molar-refractivity contribution in [2.45, 2.75) is 13.5 Å². The van der Waals surface area contributed by atoms with Gasteiger partial charge in [-0.25, -0.2) is 0 Å². The van der Waals surface area contributed by atoms with Crippen molar-refractivity contribution < 1.29 is 14.3 Å². The normalized spacial score (nSPS) is 9.92. The van der Waals surface area contributed by atoms with Crippen molar-refractivity contribution in [3.63, 3.8) is 0 Å². The minimum atomic E-state index is -0.0424. The third kappa shape index (κ3) is 4.05. The molecule has 2 aromatic rings. The Morgan fingerprint density at radius 2 is 2.04 bits per heavy atom. The zero-order valence-corrected chi connectivity index (χ0v) is 14.1. The standard InChI is InChI=1S/C19H20N2O3/c1-4-21(2)19(22)15-6-5-7-17(11-15)24-13-14-8-9-18(23-3)16(10-14)12-20/h5-11H,4,13H2,1-3H3. The number of carbonyl (C=O) groups is 1. The lowest BCUT2D eigenvalue weighted by Gasteiger charge is -2.15. The average Bonchev–Trinajstić information content (AvgIpc) is 2.64. The number of carbonyl (C=O) groups excluding carboxylic acids is 1. The zero-order chi connectivity index (χ0) is 17.5. The highest BCUT2D eigenvalue weighted by Crippen LogP contribution is 2.21. The Labute approximate surface area is 142 Å². The van der Waals surface area contributed by atoms with Gasteiger partial charge in [0.25, 0.3) is 5.91 Å². The highest BCUT2D eigenvalue weighted by Gasteiger charge is 2.11. The van der Waals surface area contributed by atoms with Crippen LogP contribution < -0.4 is 9.47 Å². The molecular formula is C19H20N2O3. The molecule has 0 atom stereocenters. The van der Waals surface area contributed by atoms with Gasteiger partial charge in [0.15, 0.2) is 0 Å². The third-order valence-electron chi connectivity index (χ3n) is 3.69. The lowest BCUT2D eigenvalue weighted by molar-refractivity contribution is 0.0802. The SMILES string of the molecule is CCN(C)C(=O)c1cccc(OCc2ccc(OC)c(C#N)c2)c1. The maximum absolute atomic E-state index is 12.2. The molecule has 2 aromatic carbocycles. The number of benzene rings is 2. The lowest BCUT2D eigenvalue weighted by atomic mass is 10.1. The van der Waals surface area contributed by atoms with Gasteiger partial charge >= 0.3 is 0 Å². The third-order valence-corrected chi connectivity index (χ3v) is 3.69. The molecule has 5 heteroatoms. The quantitative estimate of drug-likeness (QED) is 0.818. The largest absolute Gasteiger partial charge is 0.495 e. The smallest absolute Gasteiger partial charge is 0.253 e. The molecule has 0 bridgehead atoms. The van der Waals surface area contributed by atoms with Gasteiger partial charge in [0.2, 0.25) is 0 Å². The van der Waals surface area contributed by atoms with E-state index in [1.807, 2.05) is 13.0 Å². The molecule has 0 saturated carbocycles. The molecule has 0 heterocycles. The molecule has 24 heavy (non-hydrogen) atoms. The van der Waals surface area contributed by atoms with Crippen molar-refractivity contribution in [3.05, 3.63) is 59.2 Å². The van der Waals surface area contributed by atoms with E-state index in [0.717, 1.165) is 5.56 Å². The van der Waals surface area contributed by atoms with Crippen LogP contribution in [0.5, 0.6) is 11.5 Å². The van der Waals surface area contributed by atoms with E-state index in [2.05, 4.69) is 6.07 Å². The van der Waals surface area contributed by atoms with Gasteiger partial charge in [-0.3, -0.25) is 4.79 Å². The summed E-state index contributed by atoms with van der Waals surface area (Å²) in [5.41, 5.74) is 1.91. The number of nitriles is 1. The summed E-state index contributed by atoms with van der Waals surface area (Å²) in [5.74, 6) is 1.11. The fourth-order valence-corrected chi connectivity index (χ4v) is 2.18. The molecule has 0 aliphatic heterocycles. The molecule has 0 aromatic heterocycles. The average molecular weight is 324 g/mol. The Balaban J connectivity index is 2.10. The monoisotopic (exact) mass is 324 g/mol. The van der Waals surface area contributed by atoms with Crippen LogP contribution in [0.25, 0.3) is 0 Å². The van der Waals surface area contributed by atoms with Crippen molar-refractivity contribution in [1.29, 1.82) is 5.26 Å². The maximum atomic E-state index is 12.2. The van der Waals surface area contributed by atoms with Crippen LogP contribution in [0, 0.1) is 11.3 Å². The zero-order valence-electron chi connectivity index (χ0n) is 14.1. The molecule has 1 amide bonds. The van der Waals surface area contributed by atoms with Gasteiger partial charge in [-0.15, -0.1) is 0 Å². The second kappa shape index (κ2) is 8.02. The number of methoxy groups -OCH3 is 1. The Hall–Kier alpha value is -3.00. The van der Waals surface area contributed by atoms with Gasteiger partial charge in [-0.1, -0.05) is 12.1 Å². The minimum absolute atomic E-state index is 0.0424. The van der Waals surface area contributed by atoms with Gasteiger partial charge in [-0.2, -0.15) is 5.26 Å². The summed E-state index contributed by atoms with van der Waals surface area (Å²) in [5, 5.41) is 9.12. The molecule has 0 fully saturated rings. The van der Waals surface area contributed by atoms with E-state index in [4.69, 9.17) is 14.7 Å². The predicted molar refractivity (Wildman–Crippen MR) is 91.1 cm³/mol. The van der Waals surface area contributed by atoms with E-state index in [1.54, 1.807) is 48.3 Å². The number of nitrogens with zero attached hydrogens (tertiary/aromatic N) is 2. The van der Waals surface area contributed by atoms with E-state index < -0.39 is 0 Å². The van der Waals surface area contributed by atoms with Crippen molar-refractivity contribution in [1.82, 2.24) is 4.90 Å². The predicted octanol–water partition coefficient (Wildman–Crippen LogP) is 3.24. The summed E-state index contributed by atoms with van der Waals surface area (Å²) in [6.45, 7) is 2.88. The van der Waals surface area contributed by atoms with Crippen LogP contribution in [0.3, 0.4) is 0 Å². The van der Waals surface area contributed by atoms with E-state index in [0.29, 0.717) is 35.8 Å². The summed E-state index contributed by atoms with van der Waals surface area (Å²) in [7, 11) is 3.29. The van der Waals surface area contributed by atoms with Crippen molar-refractivity contribution in [3.8, 4) is 17.6 Å². The number of ether oxygens (including phenoxy) is 2. The van der Waals surface area contributed by atoms with E-state index in [-0.39, 0.29) is 5.91 Å². The topological polar surface area (TPSA) is 62.6 Å². The number of amides is 1. The molecule has 124 valence electrons. The highest BCUT2D eigenvalue weighted by atomic mass is 16.5. The van der Waals surface area contributed by atoms with Crippen molar-refractivity contribution in [2.75, 3.05) is 20.7 Å². The van der Waals surface area contributed by atoms with Gasteiger partial charge < -0.3 is 14.4 Å². The number of hydrogen-bond donors (Lipinski definition) is 0. The first-order valence-corrected chi connectivity index (χ1v) is 7.64. The summed E-state index contributed by atoms with van der Waals surface area (Å²) in [4.78, 5) is 13.8. The molecule has 0 unspecified atom stereocenters. The first-order valence-electron chi connectivity index (χ1n) is 7.64. The Bertz CT molecular complexity index is 765. The molecule has 0 radical (unpaired) electrons. The Morgan fingerprint density at radius 3 is 2.71 bits per heavy atom. The molecule has 0 aliphatic carbocycles. The second-order valence-corrected chi connectivity index (χ2v) is 5.28. The van der Waals surface area contributed by atoms with E-state index >= 15 is 0 Å². The van der Waals surface area contributed by atoms with Crippen LogP contribution in [-0.2, 0) is 6.61 Å². The van der Waals surface area contributed by atoms with Crippen molar-refractivity contribution >= 4 is 5.91 Å². The molecule has 0 aliphatic rings. The Kier molecular flexibility index (Phi) is 5.80. The fraction of sp³-hybridized carbons (Fsp3) is 0.263. The van der Waals surface area contributed by atoms with Gasteiger partial charge in [0.1, 0.15) is 24.2 Å². The maximum Gasteiger partial charge on any atom is 0.253 e. The first-order chi connectivity index (χ1) is 11.6. The molecule has 2 rings (SSSR count). The molecule has 0 N–H and O–H groups in total. The highest BCUT2D eigenvalue weighted by molar-refractivity contribution is 5.94. The first kappa shape index (κ1) is 17.4. The van der Waals surface area contributed by atoms with E-state index in [9.17, 15) is 4.79 Å². The molecule has 0 spiro atoms. The van der Waals surface area contributed by atoms with Gasteiger partial charge in [-0.05, 0) is 42.8 Å². The van der Waals surface area contributed by atoms with E-state index in [1.165, 1.54) is 7.11 Å². The van der Waals surface area contributed by atoms with Crippen molar-refractivity contribution in [2.24, 2.45) is 0 Å². The molecule has 0 saturated heterocycles. The van der Waals surface area contributed by atoms with Crippen LogP contribution >= 0.6 is 0 Å². The Morgan fingerprint density at radius 1 is 1.25 bits per heavy atom.